The van der Waals surface area contributed by atoms with Crippen LogP contribution in [0.4, 0.5) is 33.2 Å². The second-order valence-corrected chi connectivity index (χ2v) is 8.91. The highest BCUT2D eigenvalue weighted by atomic mass is 32.2. The van der Waals surface area contributed by atoms with E-state index >= 15 is 0 Å². The fourth-order valence-electron chi connectivity index (χ4n) is 2.83. The van der Waals surface area contributed by atoms with Crippen LogP contribution in [0.15, 0.2) is 42.6 Å². The van der Waals surface area contributed by atoms with E-state index in [0.717, 1.165) is 10.5 Å². The average molecular weight is 493 g/mol. The van der Waals surface area contributed by atoms with E-state index in [4.69, 9.17) is 14.2 Å². The number of nitrogens with one attached hydrogen (secondary N) is 3. The van der Waals surface area contributed by atoms with Gasteiger partial charge in [-0.2, -0.15) is 17.7 Å². The van der Waals surface area contributed by atoms with Crippen LogP contribution in [0.1, 0.15) is 0 Å². The number of ether oxygens (including phenoxy) is 3. The zero-order valence-electron chi connectivity index (χ0n) is 19.2. The third-order valence-corrected chi connectivity index (χ3v) is 5.97. The number of benzene rings is 2. The summed E-state index contributed by atoms with van der Waals surface area (Å²) in [5.41, 5.74) is 1.23. The van der Waals surface area contributed by atoms with E-state index in [9.17, 15) is 12.8 Å². The Labute approximate surface area is 197 Å². The molecule has 1 aromatic heterocycles. The number of halogens is 1. The Kier molecular flexibility index (Phi) is 7.58. The summed E-state index contributed by atoms with van der Waals surface area (Å²) in [6, 6.07) is 9.64. The smallest absolute Gasteiger partial charge is 0.301 e. The summed E-state index contributed by atoms with van der Waals surface area (Å²) in [6.45, 7) is 0. The molecule has 3 aromatic rings. The molecule has 3 N–H and O–H groups in total. The van der Waals surface area contributed by atoms with Crippen LogP contribution in [0.3, 0.4) is 0 Å². The lowest BCUT2D eigenvalue weighted by Gasteiger charge is -2.15. The number of anilines is 5. The van der Waals surface area contributed by atoms with E-state index in [0.29, 0.717) is 34.3 Å². The summed E-state index contributed by atoms with van der Waals surface area (Å²) in [4.78, 5) is 8.15. The van der Waals surface area contributed by atoms with Crippen LogP contribution >= 0.6 is 0 Å². The minimum Gasteiger partial charge on any atom is -0.493 e. The lowest BCUT2D eigenvalue weighted by atomic mass is 10.2. The van der Waals surface area contributed by atoms with Gasteiger partial charge in [-0.15, -0.1) is 0 Å². The van der Waals surface area contributed by atoms with E-state index in [1.807, 2.05) is 0 Å². The van der Waals surface area contributed by atoms with Gasteiger partial charge in [-0.1, -0.05) is 6.07 Å². The lowest BCUT2D eigenvalue weighted by molar-refractivity contribution is 0.324. The fraction of sp³-hybridized carbons (Fsp3) is 0.238. The lowest BCUT2D eigenvalue weighted by Crippen LogP contribution is -2.28. The maximum absolute atomic E-state index is 14.4. The summed E-state index contributed by atoms with van der Waals surface area (Å²) in [7, 11) is 3.60. The van der Waals surface area contributed by atoms with E-state index in [1.54, 1.807) is 30.3 Å². The van der Waals surface area contributed by atoms with Gasteiger partial charge in [0.15, 0.2) is 23.1 Å². The van der Waals surface area contributed by atoms with E-state index in [2.05, 4.69) is 25.3 Å². The average Bonchev–Trinajstić information content (AvgIpc) is 2.80. The van der Waals surface area contributed by atoms with Crippen molar-refractivity contribution in [3.63, 3.8) is 0 Å². The van der Waals surface area contributed by atoms with E-state index in [1.165, 1.54) is 41.5 Å². The Morgan fingerprint density at radius 3 is 2.15 bits per heavy atom. The number of methoxy groups -OCH3 is 3. The van der Waals surface area contributed by atoms with Crippen molar-refractivity contribution in [3.8, 4) is 17.2 Å². The first-order valence-electron chi connectivity index (χ1n) is 9.83. The van der Waals surface area contributed by atoms with Gasteiger partial charge in [-0.05, 0) is 18.2 Å². The Bertz CT molecular complexity index is 1250. The number of hydrogen-bond donors (Lipinski definition) is 3. The van der Waals surface area contributed by atoms with Crippen molar-refractivity contribution in [3.05, 3.63) is 48.4 Å². The van der Waals surface area contributed by atoms with Crippen LogP contribution in [-0.2, 0) is 10.2 Å². The Hall–Kier alpha value is -3.84. The number of nitrogens with zero attached hydrogens (tertiary/aromatic N) is 3. The molecule has 0 aliphatic rings. The third kappa shape index (κ3) is 5.74. The highest BCUT2D eigenvalue weighted by Crippen LogP contribution is 2.40. The molecule has 1 heterocycles. The molecule has 182 valence electrons. The Morgan fingerprint density at radius 2 is 1.56 bits per heavy atom. The Balaban J connectivity index is 1.85. The highest BCUT2D eigenvalue weighted by Gasteiger charge is 2.16. The minimum atomic E-state index is -3.69. The molecule has 0 spiro atoms. The van der Waals surface area contributed by atoms with Gasteiger partial charge in [0, 0.05) is 37.6 Å². The first-order chi connectivity index (χ1) is 16.2. The molecule has 0 aliphatic carbocycles. The monoisotopic (exact) mass is 492 g/mol. The van der Waals surface area contributed by atoms with Gasteiger partial charge < -0.3 is 24.8 Å². The topological polar surface area (TPSA) is 127 Å². The summed E-state index contributed by atoms with van der Waals surface area (Å²) >= 11 is 0. The summed E-state index contributed by atoms with van der Waals surface area (Å²) in [5.74, 6) is 0.543. The molecule has 0 radical (unpaired) electrons. The molecule has 2 aromatic carbocycles. The van der Waals surface area contributed by atoms with Crippen LogP contribution in [0, 0.1) is 5.82 Å². The number of hydrogen-bond acceptors (Lipinski definition) is 9. The number of aromatic nitrogens is 2. The molecule has 0 bridgehead atoms. The molecule has 0 saturated heterocycles. The van der Waals surface area contributed by atoms with Gasteiger partial charge in [0.05, 0.1) is 33.2 Å². The predicted molar refractivity (Wildman–Crippen MR) is 127 cm³/mol. The molecule has 13 heteroatoms. The van der Waals surface area contributed by atoms with E-state index in [-0.39, 0.29) is 11.8 Å². The molecule has 3 rings (SSSR count). The standard InChI is InChI=1S/C21H25FN6O5S/c1-28(2)34(29,30)27-14-8-6-7-13(9-14)24-20-16(22)12-23-21(26-20)25-15-10-17(31-3)19(33-5)18(11-15)32-4/h6-12,27H,1-5H3,(H2,23,24,25,26). The van der Waals surface area contributed by atoms with Crippen LogP contribution < -0.4 is 29.6 Å². The first kappa shape index (κ1) is 24.8. The number of rotatable bonds is 10. The van der Waals surface area contributed by atoms with Crippen molar-refractivity contribution in [1.29, 1.82) is 0 Å². The maximum Gasteiger partial charge on any atom is 0.301 e. The summed E-state index contributed by atoms with van der Waals surface area (Å²) < 4.78 is 57.9. The van der Waals surface area contributed by atoms with Gasteiger partial charge in [0.2, 0.25) is 11.7 Å². The maximum atomic E-state index is 14.4. The summed E-state index contributed by atoms with van der Waals surface area (Å²) in [6.07, 6.45) is 1.01. The molecule has 0 saturated carbocycles. The van der Waals surface area contributed by atoms with Crippen molar-refractivity contribution in [1.82, 2.24) is 14.3 Å². The van der Waals surface area contributed by atoms with Crippen molar-refractivity contribution >= 4 is 39.0 Å². The van der Waals surface area contributed by atoms with Crippen molar-refractivity contribution in [2.45, 2.75) is 0 Å². The summed E-state index contributed by atoms with van der Waals surface area (Å²) in [5, 5.41) is 5.80. The van der Waals surface area contributed by atoms with E-state index < -0.39 is 16.0 Å². The molecule has 0 amide bonds. The van der Waals surface area contributed by atoms with Crippen LogP contribution in [0.2, 0.25) is 0 Å². The van der Waals surface area contributed by atoms with Crippen LogP contribution in [0.5, 0.6) is 17.2 Å². The molecular formula is C21H25FN6O5S. The molecule has 34 heavy (non-hydrogen) atoms. The van der Waals surface area contributed by atoms with Crippen molar-refractivity contribution in [2.75, 3.05) is 50.8 Å². The predicted octanol–water partition coefficient (Wildman–Crippen LogP) is 3.35. The fourth-order valence-corrected chi connectivity index (χ4v) is 3.44. The quantitative estimate of drug-likeness (QED) is 0.390. The normalized spacial score (nSPS) is 11.1. The molecule has 11 nitrogen and oxygen atoms in total. The first-order valence-corrected chi connectivity index (χ1v) is 11.3. The van der Waals surface area contributed by atoms with Crippen LogP contribution in [-0.4, -0.2) is 58.1 Å². The van der Waals surface area contributed by atoms with Gasteiger partial charge in [-0.25, -0.2) is 9.37 Å². The SMILES string of the molecule is COc1cc(Nc2ncc(F)c(Nc3cccc(NS(=O)(=O)N(C)C)c3)n2)cc(OC)c1OC. The minimum absolute atomic E-state index is 0.0997. The van der Waals surface area contributed by atoms with Gasteiger partial charge in [0.1, 0.15) is 0 Å². The highest BCUT2D eigenvalue weighted by molar-refractivity contribution is 7.90. The van der Waals surface area contributed by atoms with Crippen molar-refractivity contribution < 1.29 is 27.0 Å². The molecule has 0 aliphatic heterocycles. The molecular weight excluding hydrogens is 467 g/mol. The second-order valence-electron chi connectivity index (χ2n) is 7.02. The van der Waals surface area contributed by atoms with Crippen molar-refractivity contribution in [2.24, 2.45) is 0 Å². The molecule has 0 atom stereocenters. The van der Waals surface area contributed by atoms with Gasteiger partial charge in [-0.3, -0.25) is 4.72 Å². The molecule has 0 fully saturated rings. The zero-order chi connectivity index (χ0) is 24.9. The third-order valence-electron chi connectivity index (χ3n) is 4.52. The largest absolute Gasteiger partial charge is 0.493 e. The van der Waals surface area contributed by atoms with Gasteiger partial charge >= 0.3 is 10.2 Å². The zero-order valence-corrected chi connectivity index (χ0v) is 20.0. The van der Waals surface area contributed by atoms with Gasteiger partial charge in [0.25, 0.3) is 0 Å². The second kappa shape index (κ2) is 10.4. The Morgan fingerprint density at radius 1 is 0.912 bits per heavy atom. The van der Waals surface area contributed by atoms with Crippen LogP contribution in [0.25, 0.3) is 0 Å². The molecule has 0 unspecified atom stereocenters.